The second-order valence-electron chi connectivity index (χ2n) is 4.47. The van der Waals surface area contributed by atoms with Crippen molar-refractivity contribution in [1.82, 2.24) is 4.57 Å². The highest BCUT2D eigenvalue weighted by atomic mass is 79.9. The summed E-state index contributed by atoms with van der Waals surface area (Å²) in [6.07, 6.45) is 3.62. The van der Waals surface area contributed by atoms with Crippen molar-refractivity contribution in [2.45, 2.75) is 25.5 Å². The summed E-state index contributed by atoms with van der Waals surface area (Å²) in [5.41, 5.74) is 0.239. The quantitative estimate of drug-likeness (QED) is 0.859. The van der Waals surface area contributed by atoms with Gasteiger partial charge in [-0.2, -0.15) is 8.78 Å². The van der Waals surface area contributed by atoms with Gasteiger partial charge in [0, 0.05) is 23.7 Å². The molecule has 1 saturated carbocycles. The summed E-state index contributed by atoms with van der Waals surface area (Å²) in [4.78, 5) is 11.9. The number of benzene rings is 1. The molecule has 100 valence electrons. The Balaban J connectivity index is 2.34. The third kappa shape index (κ3) is 2.25. The molecule has 1 aliphatic rings. The molecule has 1 heterocycles. The molecule has 1 aliphatic carbocycles. The Morgan fingerprint density at radius 1 is 1.32 bits per heavy atom. The Bertz CT molecular complexity index is 695. The lowest BCUT2D eigenvalue weighted by atomic mass is 10.2. The Morgan fingerprint density at radius 3 is 2.68 bits per heavy atom. The largest absolute Gasteiger partial charge is 0.431 e. The van der Waals surface area contributed by atoms with E-state index in [1.54, 1.807) is 18.3 Å². The molecular weight excluding hydrogens is 320 g/mol. The van der Waals surface area contributed by atoms with Crippen molar-refractivity contribution in [3.63, 3.8) is 0 Å². The molecule has 0 saturated heterocycles. The topological polar surface area (TPSA) is 31.2 Å². The van der Waals surface area contributed by atoms with E-state index in [1.807, 2.05) is 4.57 Å². The number of pyridine rings is 1. The average Bonchev–Trinajstić information content (AvgIpc) is 3.17. The minimum atomic E-state index is -2.93. The highest BCUT2D eigenvalue weighted by Crippen LogP contribution is 2.41. The molecule has 6 heteroatoms. The molecule has 0 unspecified atom stereocenters. The highest BCUT2D eigenvalue weighted by Gasteiger charge is 2.27. The van der Waals surface area contributed by atoms with Gasteiger partial charge in [-0.15, -0.1) is 0 Å². The number of hydrogen-bond donors (Lipinski definition) is 0. The molecule has 1 fully saturated rings. The Hall–Kier alpha value is -1.43. The number of nitrogens with zero attached hydrogens (tertiary/aromatic N) is 1. The maximum Gasteiger partial charge on any atom is 0.387 e. The first-order chi connectivity index (χ1) is 9.08. The van der Waals surface area contributed by atoms with E-state index in [0.29, 0.717) is 15.4 Å². The zero-order chi connectivity index (χ0) is 13.6. The van der Waals surface area contributed by atoms with Crippen molar-refractivity contribution in [2.24, 2.45) is 0 Å². The van der Waals surface area contributed by atoms with Crippen molar-refractivity contribution in [2.75, 3.05) is 0 Å². The lowest BCUT2D eigenvalue weighted by Crippen LogP contribution is -2.11. The van der Waals surface area contributed by atoms with Gasteiger partial charge in [0.25, 0.3) is 0 Å². The van der Waals surface area contributed by atoms with Crippen LogP contribution in [0.3, 0.4) is 0 Å². The number of alkyl halides is 2. The fraction of sp³-hybridized carbons (Fsp3) is 0.308. The summed E-state index contributed by atoms with van der Waals surface area (Å²) < 4.78 is 31.9. The van der Waals surface area contributed by atoms with E-state index in [0.717, 1.165) is 12.8 Å². The molecule has 19 heavy (non-hydrogen) atoms. The van der Waals surface area contributed by atoms with E-state index < -0.39 is 6.61 Å². The van der Waals surface area contributed by atoms with Crippen LogP contribution in [0.2, 0.25) is 0 Å². The van der Waals surface area contributed by atoms with Crippen molar-refractivity contribution in [1.29, 1.82) is 0 Å². The second kappa shape index (κ2) is 4.59. The molecule has 0 spiro atoms. The van der Waals surface area contributed by atoms with Gasteiger partial charge >= 0.3 is 6.61 Å². The van der Waals surface area contributed by atoms with Crippen LogP contribution in [0.5, 0.6) is 5.75 Å². The molecule has 3 nitrogen and oxygen atoms in total. The van der Waals surface area contributed by atoms with Crippen LogP contribution in [-0.2, 0) is 0 Å². The van der Waals surface area contributed by atoms with Gasteiger partial charge in [-0.1, -0.05) is 0 Å². The van der Waals surface area contributed by atoms with Gasteiger partial charge in [-0.3, -0.25) is 4.79 Å². The molecule has 0 bridgehead atoms. The zero-order valence-corrected chi connectivity index (χ0v) is 11.4. The summed E-state index contributed by atoms with van der Waals surface area (Å²) >= 11 is 3.20. The minimum absolute atomic E-state index is 0.0251. The molecule has 3 rings (SSSR count). The van der Waals surface area contributed by atoms with E-state index >= 15 is 0 Å². The maximum atomic E-state index is 12.5. The van der Waals surface area contributed by atoms with Gasteiger partial charge in [0.2, 0.25) is 0 Å². The number of rotatable bonds is 3. The summed E-state index contributed by atoms with van der Waals surface area (Å²) in [6.45, 7) is -2.93. The first-order valence-electron chi connectivity index (χ1n) is 5.86. The average molecular weight is 330 g/mol. The molecule has 0 aliphatic heterocycles. The van der Waals surface area contributed by atoms with Crippen LogP contribution in [0.1, 0.15) is 18.9 Å². The standard InChI is InChI=1S/C13H10BrF2NO2/c14-9-4-3-8-10(18)5-6-17(7-1-2-7)11(8)12(9)19-13(15)16/h3-7,13H,1-2H2. The van der Waals surface area contributed by atoms with Crippen LogP contribution in [0.15, 0.2) is 33.7 Å². The van der Waals surface area contributed by atoms with Crippen LogP contribution in [0.4, 0.5) is 8.78 Å². The van der Waals surface area contributed by atoms with Crippen LogP contribution in [0.25, 0.3) is 10.9 Å². The summed E-state index contributed by atoms with van der Waals surface area (Å²) in [7, 11) is 0. The first-order valence-corrected chi connectivity index (χ1v) is 6.65. The van der Waals surface area contributed by atoms with E-state index in [-0.39, 0.29) is 17.2 Å². The van der Waals surface area contributed by atoms with E-state index in [9.17, 15) is 13.6 Å². The molecule has 2 aromatic rings. The van der Waals surface area contributed by atoms with E-state index in [2.05, 4.69) is 20.7 Å². The number of fused-ring (bicyclic) bond motifs is 1. The SMILES string of the molecule is O=c1ccn(C2CC2)c2c(OC(F)F)c(Br)ccc12. The lowest BCUT2D eigenvalue weighted by Gasteiger charge is -2.15. The Morgan fingerprint density at radius 2 is 2.05 bits per heavy atom. The fourth-order valence-corrected chi connectivity index (χ4v) is 2.59. The lowest BCUT2D eigenvalue weighted by molar-refractivity contribution is -0.0495. The Kier molecular flexibility index (Phi) is 3.05. The van der Waals surface area contributed by atoms with Gasteiger partial charge in [0.1, 0.15) is 0 Å². The molecule has 0 atom stereocenters. The highest BCUT2D eigenvalue weighted by molar-refractivity contribution is 9.10. The smallest absolute Gasteiger partial charge is 0.387 e. The number of hydrogen-bond acceptors (Lipinski definition) is 2. The second-order valence-corrected chi connectivity index (χ2v) is 5.32. The summed E-state index contributed by atoms with van der Waals surface area (Å²) in [5.74, 6) is 0.0251. The molecular formula is C13H10BrF2NO2. The van der Waals surface area contributed by atoms with Crippen LogP contribution >= 0.6 is 15.9 Å². The van der Waals surface area contributed by atoms with Gasteiger partial charge in [0.15, 0.2) is 11.2 Å². The normalized spacial score (nSPS) is 15.2. The van der Waals surface area contributed by atoms with Crippen LogP contribution < -0.4 is 10.2 Å². The van der Waals surface area contributed by atoms with Crippen molar-refractivity contribution in [3.8, 4) is 5.75 Å². The maximum absolute atomic E-state index is 12.5. The molecule has 0 radical (unpaired) electrons. The van der Waals surface area contributed by atoms with Gasteiger partial charge in [-0.25, -0.2) is 0 Å². The van der Waals surface area contributed by atoms with Crippen LogP contribution in [0, 0.1) is 0 Å². The molecule has 1 aromatic heterocycles. The third-order valence-electron chi connectivity index (χ3n) is 3.14. The van der Waals surface area contributed by atoms with Gasteiger partial charge in [0.05, 0.1) is 9.99 Å². The van der Waals surface area contributed by atoms with E-state index in [1.165, 1.54) is 6.07 Å². The molecule has 0 N–H and O–H groups in total. The monoisotopic (exact) mass is 329 g/mol. The van der Waals surface area contributed by atoms with Crippen molar-refractivity contribution < 1.29 is 13.5 Å². The molecule has 0 amide bonds. The summed E-state index contributed by atoms with van der Waals surface area (Å²) in [6, 6.07) is 4.90. The number of halogens is 3. The van der Waals surface area contributed by atoms with Crippen molar-refractivity contribution >= 4 is 26.8 Å². The zero-order valence-electron chi connectivity index (χ0n) is 9.78. The number of ether oxygens (including phenoxy) is 1. The van der Waals surface area contributed by atoms with Crippen molar-refractivity contribution in [3.05, 3.63) is 39.1 Å². The van der Waals surface area contributed by atoms with Gasteiger partial charge < -0.3 is 9.30 Å². The summed E-state index contributed by atoms with van der Waals surface area (Å²) in [5, 5.41) is 0.397. The minimum Gasteiger partial charge on any atom is -0.431 e. The number of aromatic nitrogens is 1. The van der Waals surface area contributed by atoms with Crippen LogP contribution in [-0.4, -0.2) is 11.2 Å². The predicted molar refractivity (Wildman–Crippen MR) is 70.8 cm³/mol. The van der Waals surface area contributed by atoms with E-state index in [4.69, 9.17) is 0 Å². The third-order valence-corrected chi connectivity index (χ3v) is 3.77. The predicted octanol–water partition coefficient (Wildman–Crippen LogP) is 3.70. The fourth-order valence-electron chi connectivity index (χ4n) is 2.17. The van der Waals surface area contributed by atoms with Gasteiger partial charge in [-0.05, 0) is 40.9 Å². The Labute approximate surface area is 115 Å². The molecule has 1 aromatic carbocycles. The first kappa shape index (κ1) is 12.6.